The minimum Gasteiger partial charge on any atom is -0.348 e. The van der Waals surface area contributed by atoms with Gasteiger partial charge in [-0.3, -0.25) is 5.32 Å². The molecule has 5 nitrogen and oxygen atoms in total. The average Bonchev–Trinajstić information content (AvgIpc) is 3.03. The van der Waals surface area contributed by atoms with Crippen molar-refractivity contribution in [2.75, 3.05) is 20.1 Å². The van der Waals surface area contributed by atoms with E-state index in [1.54, 1.807) is 0 Å². The lowest BCUT2D eigenvalue weighted by atomic mass is 9.54. The average molecular weight is 319 g/mol. The van der Waals surface area contributed by atoms with Crippen LogP contribution in [0.25, 0.3) is 0 Å². The summed E-state index contributed by atoms with van der Waals surface area (Å²) in [6.07, 6.45) is 8.50. The summed E-state index contributed by atoms with van der Waals surface area (Å²) in [4.78, 5) is 20.4. The second-order valence-corrected chi connectivity index (χ2v) is 8.93. The maximum atomic E-state index is 12.1. The predicted molar refractivity (Wildman–Crippen MR) is 86.4 cm³/mol. The Morgan fingerprint density at radius 3 is 2.96 bits per heavy atom. The van der Waals surface area contributed by atoms with Crippen LogP contribution in [0.1, 0.15) is 51.9 Å². The summed E-state index contributed by atoms with van der Waals surface area (Å²) in [7, 11) is 2.25. The Kier molecular flexibility index (Phi) is 2.92. The van der Waals surface area contributed by atoms with Crippen LogP contribution < -0.4 is 5.32 Å². The first kappa shape index (κ1) is 14.5. The summed E-state index contributed by atoms with van der Waals surface area (Å²) in [5.41, 5.74) is 0.0461. The zero-order valence-corrected chi connectivity index (χ0v) is 14.4. The van der Waals surface area contributed by atoms with Crippen molar-refractivity contribution in [3.05, 3.63) is 0 Å². The highest BCUT2D eigenvalue weighted by atomic mass is 16.7. The van der Waals surface area contributed by atoms with Crippen LogP contribution in [0.4, 0.5) is 4.79 Å². The Morgan fingerprint density at radius 1 is 1.26 bits per heavy atom. The normalized spacial score (nSPS) is 52.9. The first-order valence-electron chi connectivity index (χ1n) is 9.55. The van der Waals surface area contributed by atoms with Gasteiger partial charge in [0.05, 0.1) is 6.04 Å². The van der Waals surface area contributed by atoms with E-state index >= 15 is 0 Å². The molecule has 23 heavy (non-hydrogen) atoms. The topological polar surface area (TPSA) is 44.8 Å². The van der Waals surface area contributed by atoms with Crippen molar-refractivity contribution in [1.29, 1.82) is 0 Å². The molecule has 0 aromatic rings. The van der Waals surface area contributed by atoms with Crippen molar-refractivity contribution < 1.29 is 9.63 Å². The van der Waals surface area contributed by atoms with Gasteiger partial charge in [0, 0.05) is 5.41 Å². The molecule has 5 fully saturated rings. The fourth-order valence-electron chi connectivity index (χ4n) is 7.39. The molecule has 5 heteroatoms. The molecule has 2 spiro atoms. The second kappa shape index (κ2) is 4.63. The molecule has 3 heterocycles. The number of amides is 1. The first-order valence-corrected chi connectivity index (χ1v) is 9.55. The Labute approximate surface area is 138 Å². The lowest BCUT2D eigenvalue weighted by Crippen LogP contribution is -2.67. The first-order chi connectivity index (χ1) is 11.1. The summed E-state index contributed by atoms with van der Waals surface area (Å²) in [5, 5.41) is 5.49. The Morgan fingerprint density at radius 2 is 2.09 bits per heavy atom. The van der Waals surface area contributed by atoms with E-state index in [2.05, 4.69) is 29.3 Å². The molecule has 3 aliphatic heterocycles. The van der Waals surface area contributed by atoms with Gasteiger partial charge in [0.25, 0.3) is 0 Å². The molecule has 0 radical (unpaired) electrons. The van der Waals surface area contributed by atoms with Crippen LogP contribution >= 0.6 is 0 Å². The molecule has 0 aromatic carbocycles. The van der Waals surface area contributed by atoms with Crippen molar-refractivity contribution in [3.63, 3.8) is 0 Å². The summed E-state index contributed by atoms with van der Waals surface area (Å²) in [6, 6.07) is 0.454. The Balaban J connectivity index is 1.61. The fraction of sp³-hybridized carbons (Fsp3) is 0.944. The second-order valence-electron chi connectivity index (χ2n) is 8.93. The highest BCUT2D eigenvalue weighted by Gasteiger charge is 2.79. The van der Waals surface area contributed by atoms with Crippen LogP contribution in [0.15, 0.2) is 0 Å². The highest BCUT2D eigenvalue weighted by Crippen LogP contribution is 2.72. The van der Waals surface area contributed by atoms with E-state index in [-0.39, 0.29) is 17.2 Å². The third-order valence-corrected chi connectivity index (χ3v) is 7.83. The van der Waals surface area contributed by atoms with Gasteiger partial charge in [0.15, 0.2) is 0 Å². The van der Waals surface area contributed by atoms with Gasteiger partial charge in [0.1, 0.15) is 5.66 Å². The molecule has 5 aliphatic rings. The molecule has 5 rings (SSSR count). The van der Waals surface area contributed by atoms with Crippen LogP contribution in [0, 0.1) is 23.2 Å². The molecule has 1 N–H and O–H groups in total. The van der Waals surface area contributed by atoms with Crippen LogP contribution in [0.3, 0.4) is 0 Å². The molecule has 0 aromatic heterocycles. The third kappa shape index (κ3) is 1.63. The van der Waals surface area contributed by atoms with Gasteiger partial charge < -0.3 is 9.74 Å². The largest absolute Gasteiger partial charge is 0.427 e. The van der Waals surface area contributed by atoms with Crippen LogP contribution in [0.5, 0.6) is 0 Å². The minimum atomic E-state index is -0.209. The smallest absolute Gasteiger partial charge is 0.348 e. The molecule has 2 saturated carbocycles. The molecule has 6 atom stereocenters. The van der Waals surface area contributed by atoms with E-state index in [1.807, 2.05) is 0 Å². The standard InChI is InChI=1S/C18H29N3O2/c1-12-9-13-10-15-14-5-3-7-20(2)8-4-6-17(13,14)18(11-12)19-16(22)23-21(15)18/h12-15H,3-11H2,1-2H3,(H,19,22)/t12-,13?,14+,15-,17+,18+/m1/s1. The van der Waals surface area contributed by atoms with Gasteiger partial charge in [-0.15, -0.1) is 5.06 Å². The molecule has 1 amide bonds. The number of hydrogen-bond acceptors (Lipinski definition) is 4. The number of carbonyl (C=O) groups is 1. The Hall–Kier alpha value is -0.810. The number of piperidine rings is 1. The molecule has 3 saturated heterocycles. The fourth-order valence-corrected chi connectivity index (χ4v) is 7.39. The summed E-state index contributed by atoms with van der Waals surface area (Å²) < 4.78 is 0. The van der Waals surface area contributed by atoms with Gasteiger partial charge in [-0.25, -0.2) is 4.79 Å². The van der Waals surface area contributed by atoms with E-state index in [0.29, 0.717) is 17.9 Å². The van der Waals surface area contributed by atoms with Crippen LogP contribution in [-0.2, 0) is 4.84 Å². The van der Waals surface area contributed by atoms with E-state index in [0.717, 1.165) is 12.3 Å². The van der Waals surface area contributed by atoms with E-state index < -0.39 is 0 Å². The molecule has 2 bridgehead atoms. The molecule has 2 aliphatic carbocycles. The van der Waals surface area contributed by atoms with Gasteiger partial charge >= 0.3 is 6.09 Å². The zero-order valence-electron chi connectivity index (χ0n) is 14.4. The zero-order chi connectivity index (χ0) is 15.8. The number of hydroxylamine groups is 2. The molecular formula is C18H29N3O2. The van der Waals surface area contributed by atoms with Crippen LogP contribution in [-0.4, -0.2) is 47.9 Å². The number of carbonyl (C=O) groups excluding carboxylic acids is 1. The van der Waals surface area contributed by atoms with E-state index in [1.165, 1.54) is 51.6 Å². The van der Waals surface area contributed by atoms with Gasteiger partial charge in [0.2, 0.25) is 0 Å². The number of rotatable bonds is 0. The predicted octanol–water partition coefficient (Wildman–Crippen LogP) is 2.58. The minimum absolute atomic E-state index is 0.205. The monoisotopic (exact) mass is 319 g/mol. The number of nitrogens with one attached hydrogen (secondary N) is 1. The number of nitrogens with zero attached hydrogens (tertiary/aromatic N) is 2. The van der Waals surface area contributed by atoms with Crippen molar-refractivity contribution in [3.8, 4) is 0 Å². The summed E-state index contributed by atoms with van der Waals surface area (Å²) in [5.74, 6) is 2.14. The lowest BCUT2D eigenvalue weighted by molar-refractivity contribution is -0.211. The van der Waals surface area contributed by atoms with Crippen LogP contribution in [0.2, 0.25) is 0 Å². The molecular weight excluding hydrogens is 290 g/mol. The quantitative estimate of drug-likeness (QED) is 0.745. The van der Waals surface area contributed by atoms with Crippen molar-refractivity contribution >= 4 is 6.09 Å². The maximum absolute atomic E-state index is 12.1. The van der Waals surface area contributed by atoms with Crippen molar-refractivity contribution in [1.82, 2.24) is 15.3 Å². The number of hydrogen-bond donors (Lipinski definition) is 1. The highest BCUT2D eigenvalue weighted by molar-refractivity contribution is 5.71. The van der Waals surface area contributed by atoms with Gasteiger partial charge in [-0.05, 0) is 82.8 Å². The summed E-state index contributed by atoms with van der Waals surface area (Å²) in [6.45, 7) is 4.75. The van der Waals surface area contributed by atoms with Gasteiger partial charge in [-0.1, -0.05) is 6.92 Å². The Bertz CT molecular complexity index is 540. The van der Waals surface area contributed by atoms with E-state index in [9.17, 15) is 4.79 Å². The van der Waals surface area contributed by atoms with Gasteiger partial charge in [-0.2, -0.15) is 0 Å². The molecule has 128 valence electrons. The number of fused-ring (bicyclic) bond motifs is 1. The maximum Gasteiger partial charge on any atom is 0.427 e. The third-order valence-electron chi connectivity index (χ3n) is 7.83. The molecule has 1 unspecified atom stereocenters. The van der Waals surface area contributed by atoms with Crippen molar-refractivity contribution in [2.45, 2.75) is 63.6 Å². The lowest BCUT2D eigenvalue weighted by Gasteiger charge is -2.56. The van der Waals surface area contributed by atoms with Crippen molar-refractivity contribution in [2.24, 2.45) is 23.2 Å². The summed E-state index contributed by atoms with van der Waals surface area (Å²) >= 11 is 0. The SMILES string of the molecule is C[C@@H]1CC2C[C@@H]3[C@@H]4CCCN(C)CCC[C@]24[C@@]2(C1)NC(=O)ON32. The van der Waals surface area contributed by atoms with E-state index in [4.69, 9.17) is 4.84 Å².